The lowest BCUT2D eigenvalue weighted by molar-refractivity contribution is 0.0948. The van der Waals surface area contributed by atoms with E-state index in [1.165, 1.54) is 18.2 Å². The van der Waals surface area contributed by atoms with Gasteiger partial charge in [-0.05, 0) is 17.7 Å². The first-order valence-electron chi connectivity index (χ1n) is 2.64. The topological polar surface area (TPSA) is 0 Å². The molecule has 0 saturated heterocycles. The predicted octanol–water partition coefficient (Wildman–Crippen LogP) is 2.77. The minimum atomic E-state index is -3.29. The van der Waals surface area contributed by atoms with Crippen molar-refractivity contribution in [3.63, 3.8) is 0 Å². The molecule has 0 N–H and O–H groups in total. The van der Waals surface area contributed by atoms with Crippen LogP contribution in [0.15, 0.2) is 24.3 Å². The predicted molar refractivity (Wildman–Crippen MR) is 35.0 cm³/mol. The molecule has 0 spiro atoms. The van der Waals surface area contributed by atoms with Gasteiger partial charge in [0.1, 0.15) is 0 Å². The second-order valence-corrected chi connectivity index (χ2v) is 2.25. The standard InChI is InChI=1S/C7H4ClF2/c8-7(9,10)6-4-2-1-3-5-6/h1-4H. The molecule has 1 aromatic rings. The van der Waals surface area contributed by atoms with Crippen LogP contribution in [0.5, 0.6) is 0 Å². The van der Waals surface area contributed by atoms with Crippen LogP contribution in [0.25, 0.3) is 0 Å². The van der Waals surface area contributed by atoms with Gasteiger partial charge in [0.15, 0.2) is 0 Å². The first kappa shape index (κ1) is 7.48. The third-order valence-electron chi connectivity index (χ3n) is 1.01. The first-order chi connectivity index (χ1) is 4.61. The highest BCUT2D eigenvalue weighted by Gasteiger charge is 2.26. The van der Waals surface area contributed by atoms with Gasteiger partial charge >= 0.3 is 5.38 Å². The smallest absolute Gasteiger partial charge is 0.183 e. The molecule has 0 fully saturated rings. The van der Waals surface area contributed by atoms with Crippen molar-refractivity contribution in [1.29, 1.82) is 0 Å². The van der Waals surface area contributed by atoms with Gasteiger partial charge in [-0.3, -0.25) is 0 Å². The summed E-state index contributed by atoms with van der Waals surface area (Å²) in [5, 5.41) is -3.29. The SMILES string of the molecule is FC(F)(Cl)c1[c]cccc1. The number of hydrogen-bond acceptors (Lipinski definition) is 0. The molecule has 0 heterocycles. The molecule has 0 atom stereocenters. The van der Waals surface area contributed by atoms with Crippen molar-refractivity contribution in [3.8, 4) is 0 Å². The summed E-state index contributed by atoms with van der Waals surface area (Å²) in [5.74, 6) is 0. The average molecular weight is 162 g/mol. The van der Waals surface area contributed by atoms with Crippen LogP contribution in [-0.4, -0.2) is 0 Å². The van der Waals surface area contributed by atoms with Gasteiger partial charge in [0.05, 0.1) is 0 Å². The average Bonchev–Trinajstić information content (AvgIpc) is 1.88. The summed E-state index contributed by atoms with van der Waals surface area (Å²) in [5.41, 5.74) is -0.295. The number of alkyl halides is 3. The second kappa shape index (κ2) is 2.54. The molecule has 0 saturated carbocycles. The minimum absolute atomic E-state index is 0.295. The normalized spacial score (nSPS) is 11.5. The van der Waals surface area contributed by atoms with E-state index in [4.69, 9.17) is 11.6 Å². The van der Waals surface area contributed by atoms with E-state index in [0.717, 1.165) is 0 Å². The Morgan fingerprint density at radius 2 is 2.10 bits per heavy atom. The van der Waals surface area contributed by atoms with Crippen LogP contribution in [0.2, 0.25) is 0 Å². The molecule has 3 heteroatoms. The molecule has 0 amide bonds. The van der Waals surface area contributed by atoms with Gasteiger partial charge in [-0.25, -0.2) is 0 Å². The van der Waals surface area contributed by atoms with E-state index >= 15 is 0 Å². The Morgan fingerprint density at radius 1 is 1.40 bits per heavy atom. The van der Waals surface area contributed by atoms with Gasteiger partial charge < -0.3 is 0 Å². The Morgan fingerprint density at radius 3 is 2.40 bits per heavy atom. The molecule has 10 heavy (non-hydrogen) atoms. The lowest BCUT2D eigenvalue weighted by Crippen LogP contribution is -2.01. The number of hydrogen-bond donors (Lipinski definition) is 0. The van der Waals surface area contributed by atoms with Crippen molar-refractivity contribution in [2.24, 2.45) is 0 Å². The fourth-order valence-electron chi connectivity index (χ4n) is 0.570. The van der Waals surface area contributed by atoms with Crippen LogP contribution in [0.4, 0.5) is 8.78 Å². The van der Waals surface area contributed by atoms with Crippen LogP contribution in [-0.2, 0) is 5.38 Å². The molecule has 0 unspecified atom stereocenters. The maximum absolute atomic E-state index is 12.2. The molecule has 0 aliphatic carbocycles. The van der Waals surface area contributed by atoms with E-state index in [2.05, 4.69) is 6.07 Å². The highest BCUT2D eigenvalue weighted by Crippen LogP contribution is 2.31. The number of rotatable bonds is 1. The van der Waals surface area contributed by atoms with Crippen LogP contribution >= 0.6 is 11.6 Å². The van der Waals surface area contributed by atoms with Crippen molar-refractivity contribution in [2.45, 2.75) is 5.38 Å². The summed E-state index contributed by atoms with van der Waals surface area (Å²) in [7, 11) is 0. The van der Waals surface area contributed by atoms with Gasteiger partial charge in [-0.15, -0.1) is 0 Å². The van der Waals surface area contributed by atoms with Gasteiger partial charge in [-0.1, -0.05) is 24.3 Å². The summed E-state index contributed by atoms with van der Waals surface area (Å²) < 4.78 is 24.4. The molecule has 1 aromatic carbocycles. The Balaban J connectivity index is 2.97. The fourth-order valence-corrected chi connectivity index (χ4v) is 0.687. The van der Waals surface area contributed by atoms with Crippen molar-refractivity contribution in [1.82, 2.24) is 0 Å². The second-order valence-electron chi connectivity index (χ2n) is 1.77. The Kier molecular flexibility index (Phi) is 1.90. The summed E-state index contributed by atoms with van der Waals surface area (Å²) in [6.45, 7) is 0. The summed E-state index contributed by atoms with van der Waals surface area (Å²) >= 11 is 4.69. The lowest BCUT2D eigenvalue weighted by atomic mass is 10.2. The van der Waals surface area contributed by atoms with Crippen molar-refractivity contribution in [2.75, 3.05) is 0 Å². The highest BCUT2D eigenvalue weighted by molar-refractivity contribution is 6.21. The summed E-state index contributed by atoms with van der Waals surface area (Å²) in [4.78, 5) is 0. The third-order valence-corrected chi connectivity index (χ3v) is 1.22. The molecule has 0 bridgehead atoms. The third kappa shape index (κ3) is 1.67. The van der Waals surface area contributed by atoms with Gasteiger partial charge in [0.2, 0.25) is 0 Å². The van der Waals surface area contributed by atoms with Crippen molar-refractivity contribution in [3.05, 3.63) is 35.9 Å². The Bertz CT molecular complexity index is 203. The minimum Gasteiger partial charge on any atom is -0.183 e. The van der Waals surface area contributed by atoms with Crippen LogP contribution in [0, 0.1) is 6.07 Å². The van der Waals surface area contributed by atoms with E-state index in [1.807, 2.05) is 0 Å². The summed E-state index contributed by atoms with van der Waals surface area (Å²) in [6.07, 6.45) is 0. The lowest BCUT2D eigenvalue weighted by Gasteiger charge is -2.05. The van der Waals surface area contributed by atoms with E-state index in [-0.39, 0.29) is 5.56 Å². The molecule has 0 aliphatic rings. The number of halogens is 3. The molecule has 0 aromatic heterocycles. The van der Waals surface area contributed by atoms with E-state index in [1.54, 1.807) is 6.07 Å². The van der Waals surface area contributed by atoms with Crippen molar-refractivity contribution >= 4 is 11.6 Å². The molecule has 53 valence electrons. The molecular formula is C7H4ClF2. The van der Waals surface area contributed by atoms with Gasteiger partial charge in [0, 0.05) is 5.56 Å². The zero-order valence-corrected chi connectivity index (χ0v) is 5.70. The zero-order valence-electron chi connectivity index (χ0n) is 4.94. The molecular weight excluding hydrogens is 158 g/mol. The maximum Gasteiger partial charge on any atom is 0.348 e. The summed E-state index contributed by atoms with van der Waals surface area (Å²) in [6, 6.07) is 8.04. The molecule has 1 rings (SSSR count). The van der Waals surface area contributed by atoms with Crippen molar-refractivity contribution < 1.29 is 8.78 Å². The molecule has 1 radical (unpaired) electrons. The number of benzene rings is 1. The van der Waals surface area contributed by atoms with Crippen LogP contribution in [0.1, 0.15) is 5.56 Å². The van der Waals surface area contributed by atoms with Crippen LogP contribution in [0.3, 0.4) is 0 Å². The van der Waals surface area contributed by atoms with Gasteiger partial charge in [-0.2, -0.15) is 8.78 Å². The van der Waals surface area contributed by atoms with Crippen LogP contribution < -0.4 is 0 Å². The maximum atomic E-state index is 12.2. The molecule has 0 nitrogen and oxygen atoms in total. The quantitative estimate of drug-likeness (QED) is 0.556. The monoisotopic (exact) mass is 161 g/mol. The fraction of sp³-hybridized carbons (Fsp3) is 0.143. The zero-order chi connectivity index (χ0) is 7.61. The van der Waals surface area contributed by atoms with Gasteiger partial charge in [0.25, 0.3) is 0 Å². The van der Waals surface area contributed by atoms with E-state index < -0.39 is 5.38 Å². The molecule has 0 aliphatic heterocycles. The largest absolute Gasteiger partial charge is 0.348 e. The van der Waals surface area contributed by atoms with E-state index in [9.17, 15) is 8.78 Å². The Labute approximate surface area is 62.4 Å². The first-order valence-corrected chi connectivity index (χ1v) is 3.02. The highest BCUT2D eigenvalue weighted by atomic mass is 35.5. The van der Waals surface area contributed by atoms with E-state index in [0.29, 0.717) is 0 Å². The Hall–Kier alpha value is -0.630.